The predicted octanol–water partition coefficient (Wildman–Crippen LogP) is 2.29. The normalized spacial score (nSPS) is 9.44. The smallest absolute Gasteiger partial charge is 0.231 e. The Balaban J connectivity index is 0. The third kappa shape index (κ3) is 2.50. The molecule has 2 aromatic rings. The van der Waals surface area contributed by atoms with E-state index in [1.54, 1.807) is 0 Å². The zero-order valence-corrected chi connectivity index (χ0v) is 9.78. The number of benzene rings is 1. The van der Waals surface area contributed by atoms with Crippen LogP contribution in [-0.2, 0) is 0 Å². The number of hydrogen-bond donors (Lipinski definition) is 3. The molecule has 0 saturated heterocycles. The van der Waals surface area contributed by atoms with E-state index in [1.165, 1.54) is 0 Å². The highest BCUT2D eigenvalue weighted by molar-refractivity contribution is 5.83. The van der Waals surface area contributed by atoms with Crippen LogP contribution in [0, 0.1) is 6.92 Å². The molecule has 0 atom stereocenters. The summed E-state index contributed by atoms with van der Waals surface area (Å²) in [6.45, 7) is 5.99. The monoisotopic (exact) mass is 223 g/mol. The summed E-state index contributed by atoms with van der Waals surface area (Å²) in [5.74, 6) is 0.441. The van der Waals surface area contributed by atoms with Crippen LogP contribution in [-0.4, -0.2) is 15.9 Å². The molecule has 2 rings (SSSR count). The van der Waals surface area contributed by atoms with Crippen molar-refractivity contribution >= 4 is 22.9 Å². The Hall–Kier alpha value is -2.04. The van der Waals surface area contributed by atoms with Crippen molar-refractivity contribution in [2.24, 2.45) is 16.5 Å². The van der Waals surface area contributed by atoms with Crippen molar-refractivity contribution in [1.29, 1.82) is 0 Å². The molecule has 1 aromatic carbocycles. The summed E-state index contributed by atoms with van der Waals surface area (Å²) in [7, 11) is 0. The molecule has 0 spiro atoms. The van der Waals surface area contributed by atoms with Crippen molar-refractivity contribution in [1.82, 2.24) is 9.97 Å². The number of H-pyrrole nitrogens is 1. The highest BCUT2D eigenvalue weighted by atomic mass is 15.1. The summed E-state index contributed by atoms with van der Waals surface area (Å²) in [5, 5.41) is 0. The summed E-state index contributed by atoms with van der Waals surface area (Å²) in [4.78, 5) is 11.1. The lowest BCUT2D eigenvalue weighted by atomic mass is 10.2. The Bertz CT molecular complexity index is 503. The Morgan fingerprint density at radius 3 is 2.62 bits per heavy atom. The summed E-state index contributed by atoms with van der Waals surface area (Å²) in [6.07, 6.45) is 0. The number of nitrogens with two attached hydrogens (primary N) is 2. The first kappa shape index (κ1) is 12.0. The number of fused-ring (bicyclic) bond motifs is 1. The fourth-order valence-electron chi connectivity index (χ4n) is 1.34. The number of aryl methyl sites for hydroxylation is 1. The van der Waals surface area contributed by atoms with E-state index in [1.807, 2.05) is 39.0 Å². The molecule has 5 heteroatoms. The second kappa shape index (κ2) is 5.16. The molecule has 0 fully saturated rings. The van der Waals surface area contributed by atoms with Gasteiger partial charge < -0.3 is 16.5 Å². The quantitative estimate of drug-likeness (QED) is 0.511. The van der Waals surface area contributed by atoms with Crippen molar-refractivity contribution in [2.75, 3.05) is 0 Å². The number of hydrogen-bond acceptors (Lipinski definition) is 2. The molecular weight excluding hydrogens is 202 g/mol. The van der Waals surface area contributed by atoms with Gasteiger partial charge in [-0.1, -0.05) is 26.0 Å². The molecule has 5 N–H and O–H groups in total. The highest BCUT2D eigenvalue weighted by Gasteiger charge is 2.02. The fourth-order valence-corrected chi connectivity index (χ4v) is 1.34. The van der Waals surface area contributed by atoms with Gasteiger partial charge >= 0.3 is 0 Å². The van der Waals surface area contributed by atoms with Crippen molar-refractivity contribution in [3.05, 3.63) is 23.8 Å². The molecule has 0 amide bonds. The lowest BCUT2D eigenvalue weighted by molar-refractivity contribution is 1.24. The molecular formula is C11H21N5. The van der Waals surface area contributed by atoms with Gasteiger partial charge in [0.2, 0.25) is 5.95 Å². The van der Waals surface area contributed by atoms with Gasteiger partial charge in [0.15, 0.2) is 5.96 Å². The van der Waals surface area contributed by atoms with Crippen LogP contribution in [0.3, 0.4) is 0 Å². The minimum Gasteiger partial charge on any atom is -0.370 e. The van der Waals surface area contributed by atoms with Gasteiger partial charge in [-0.15, -0.1) is 0 Å². The van der Waals surface area contributed by atoms with E-state index in [2.05, 4.69) is 15.0 Å². The maximum absolute atomic E-state index is 5.25. The second-order valence-corrected chi connectivity index (χ2v) is 3.07. The number of aromatic nitrogens is 2. The Morgan fingerprint density at radius 1 is 1.38 bits per heavy atom. The van der Waals surface area contributed by atoms with Crippen LogP contribution in [0.1, 0.15) is 22.3 Å². The van der Waals surface area contributed by atoms with E-state index in [-0.39, 0.29) is 8.81 Å². The van der Waals surface area contributed by atoms with E-state index < -0.39 is 0 Å². The number of nitrogens with one attached hydrogen (secondary N) is 1. The van der Waals surface area contributed by atoms with Gasteiger partial charge in [-0.05, 0) is 18.6 Å². The van der Waals surface area contributed by atoms with Crippen molar-refractivity contribution in [2.45, 2.75) is 20.8 Å². The standard InChI is InChI=1S/C9H11N5.C2H6.2H2/c1-5-3-2-4-6-7(5)13-9(12-6)14-8(10)11;1-2;;/h2-4H,1H3,(H5,10,11,12,13,14);1-2H3;2*1H. The number of imidazole rings is 1. The number of aromatic amines is 1. The Kier molecular flexibility index (Phi) is 3.88. The number of rotatable bonds is 1. The van der Waals surface area contributed by atoms with Crippen LogP contribution < -0.4 is 11.5 Å². The third-order valence-electron chi connectivity index (χ3n) is 1.94. The summed E-state index contributed by atoms with van der Waals surface area (Å²) in [6, 6.07) is 5.87. The summed E-state index contributed by atoms with van der Waals surface area (Å²) < 4.78 is 0. The average molecular weight is 223 g/mol. The average Bonchev–Trinajstić information content (AvgIpc) is 2.64. The molecule has 16 heavy (non-hydrogen) atoms. The highest BCUT2D eigenvalue weighted by Crippen LogP contribution is 2.18. The molecule has 5 nitrogen and oxygen atoms in total. The maximum Gasteiger partial charge on any atom is 0.231 e. The number of guanidine groups is 1. The van der Waals surface area contributed by atoms with Crippen LogP contribution in [0.25, 0.3) is 11.0 Å². The first-order valence-corrected chi connectivity index (χ1v) is 5.22. The van der Waals surface area contributed by atoms with E-state index in [0.29, 0.717) is 5.95 Å². The van der Waals surface area contributed by atoms with Crippen LogP contribution >= 0.6 is 0 Å². The molecule has 0 saturated carbocycles. The van der Waals surface area contributed by atoms with E-state index in [4.69, 9.17) is 11.5 Å². The topological polar surface area (TPSA) is 93.1 Å². The molecule has 90 valence electrons. The molecule has 0 aliphatic heterocycles. The minimum atomic E-state index is 0. The minimum absolute atomic E-state index is 0. The summed E-state index contributed by atoms with van der Waals surface area (Å²) >= 11 is 0. The molecule has 1 heterocycles. The maximum atomic E-state index is 5.25. The molecule has 0 bridgehead atoms. The Labute approximate surface area is 97.6 Å². The first-order valence-electron chi connectivity index (χ1n) is 5.22. The van der Waals surface area contributed by atoms with Crippen molar-refractivity contribution in [3.63, 3.8) is 0 Å². The van der Waals surface area contributed by atoms with Gasteiger partial charge in [-0.2, -0.15) is 4.99 Å². The molecule has 0 aliphatic carbocycles. The van der Waals surface area contributed by atoms with Gasteiger partial charge in [-0.3, -0.25) is 0 Å². The fraction of sp³-hybridized carbons (Fsp3) is 0.273. The summed E-state index contributed by atoms with van der Waals surface area (Å²) in [5.41, 5.74) is 13.4. The predicted molar refractivity (Wildman–Crippen MR) is 71.9 cm³/mol. The van der Waals surface area contributed by atoms with Crippen LogP contribution in [0.15, 0.2) is 23.2 Å². The van der Waals surface area contributed by atoms with Gasteiger partial charge in [0, 0.05) is 2.85 Å². The number of nitrogens with zero attached hydrogens (tertiary/aromatic N) is 2. The molecule has 1 aromatic heterocycles. The van der Waals surface area contributed by atoms with Crippen molar-refractivity contribution < 1.29 is 2.85 Å². The number of aliphatic imine (C=N–C) groups is 1. The van der Waals surface area contributed by atoms with E-state index >= 15 is 0 Å². The first-order chi connectivity index (χ1) is 7.66. The van der Waals surface area contributed by atoms with Crippen LogP contribution in [0.2, 0.25) is 0 Å². The van der Waals surface area contributed by atoms with Gasteiger partial charge in [0.25, 0.3) is 0 Å². The van der Waals surface area contributed by atoms with Crippen molar-refractivity contribution in [3.8, 4) is 0 Å². The second-order valence-electron chi connectivity index (χ2n) is 3.07. The third-order valence-corrected chi connectivity index (χ3v) is 1.94. The van der Waals surface area contributed by atoms with Crippen LogP contribution in [0.5, 0.6) is 0 Å². The van der Waals surface area contributed by atoms with Gasteiger partial charge in [-0.25, -0.2) is 4.98 Å². The number of para-hydroxylation sites is 1. The van der Waals surface area contributed by atoms with Crippen LogP contribution in [0.4, 0.5) is 5.95 Å². The zero-order valence-electron chi connectivity index (χ0n) is 9.78. The van der Waals surface area contributed by atoms with Gasteiger partial charge in [0.05, 0.1) is 11.0 Å². The van der Waals surface area contributed by atoms with E-state index in [0.717, 1.165) is 16.6 Å². The SMILES string of the molecule is CC.Cc1cccc2[nH]c(N=C(N)N)nc12.[HH].[HH]. The molecule has 0 aliphatic rings. The molecule has 0 unspecified atom stereocenters. The van der Waals surface area contributed by atoms with E-state index in [9.17, 15) is 0 Å². The lowest BCUT2D eigenvalue weighted by Gasteiger charge is -1.90. The largest absolute Gasteiger partial charge is 0.370 e. The molecule has 0 radical (unpaired) electrons. The lowest BCUT2D eigenvalue weighted by Crippen LogP contribution is -2.22. The zero-order chi connectivity index (χ0) is 12.1. The Morgan fingerprint density at radius 2 is 2.06 bits per heavy atom. The van der Waals surface area contributed by atoms with Gasteiger partial charge in [0.1, 0.15) is 0 Å².